The molecular formula is C20H29N3O3S. The summed E-state index contributed by atoms with van der Waals surface area (Å²) in [7, 11) is -1.65. The highest BCUT2D eigenvalue weighted by molar-refractivity contribution is 7.90. The van der Waals surface area contributed by atoms with E-state index in [0.717, 1.165) is 48.5 Å². The van der Waals surface area contributed by atoms with Gasteiger partial charge in [-0.05, 0) is 70.7 Å². The average molecular weight is 392 g/mol. The van der Waals surface area contributed by atoms with Crippen LogP contribution in [0.5, 0.6) is 5.75 Å². The molecule has 0 amide bonds. The van der Waals surface area contributed by atoms with Crippen molar-refractivity contribution in [3.8, 4) is 17.0 Å². The molecule has 6 nitrogen and oxygen atoms in total. The summed E-state index contributed by atoms with van der Waals surface area (Å²) in [6.07, 6.45) is 5.45. The van der Waals surface area contributed by atoms with E-state index in [4.69, 9.17) is 9.72 Å². The molecule has 1 aliphatic carbocycles. The molecule has 0 spiro atoms. The van der Waals surface area contributed by atoms with Crippen LogP contribution in [0.15, 0.2) is 30.5 Å². The number of H-pyrrole nitrogens is 1. The number of aromatic amines is 1. The molecule has 1 aliphatic rings. The Hall–Kier alpha value is -1.86. The molecule has 0 saturated heterocycles. The summed E-state index contributed by atoms with van der Waals surface area (Å²) in [5.74, 6) is 2.15. The molecule has 0 atom stereocenters. The molecule has 0 radical (unpaired) electrons. The fourth-order valence-corrected chi connectivity index (χ4v) is 4.36. The number of benzene rings is 1. The monoisotopic (exact) mass is 391 g/mol. The molecule has 1 saturated carbocycles. The normalized spacial score (nSPS) is 21.2. The van der Waals surface area contributed by atoms with E-state index >= 15 is 0 Å². The Kier molecular flexibility index (Phi) is 5.63. The van der Waals surface area contributed by atoms with Crippen molar-refractivity contribution in [1.29, 1.82) is 0 Å². The van der Waals surface area contributed by atoms with E-state index in [0.29, 0.717) is 5.92 Å². The summed E-state index contributed by atoms with van der Waals surface area (Å²) >= 11 is 0. The Morgan fingerprint density at radius 2 is 1.74 bits per heavy atom. The first-order chi connectivity index (χ1) is 12.7. The summed E-state index contributed by atoms with van der Waals surface area (Å²) in [6, 6.07) is 7.86. The Balaban J connectivity index is 1.61. The lowest BCUT2D eigenvalue weighted by molar-refractivity contribution is 0.364. The molecule has 3 rings (SSSR count). The first-order valence-corrected chi connectivity index (χ1v) is 10.9. The fourth-order valence-electron chi connectivity index (χ4n) is 3.34. The van der Waals surface area contributed by atoms with Crippen molar-refractivity contribution in [2.45, 2.75) is 63.2 Å². The topological polar surface area (TPSA) is 84.1 Å². The molecule has 2 N–H and O–H groups in total. The van der Waals surface area contributed by atoms with Crippen molar-refractivity contribution in [3.05, 3.63) is 36.3 Å². The molecule has 27 heavy (non-hydrogen) atoms. The third kappa shape index (κ3) is 4.52. The first kappa shape index (κ1) is 19.9. The molecule has 0 bridgehead atoms. The van der Waals surface area contributed by atoms with Gasteiger partial charge in [0.15, 0.2) is 0 Å². The molecule has 7 heteroatoms. The van der Waals surface area contributed by atoms with E-state index in [1.165, 1.54) is 0 Å². The number of ether oxygens (including phenoxy) is 1. The fraction of sp³-hybridized carbons (Fsp3) is 0.550. The minimum absolute atomic E-state index is 0.0153. The highest BCUT2D eigenvalue weighted by Gasteiger charge is 2.33. The average Bonchev–Trinajstić information content (AvgIpc) is 3.11. The van der Waals surface area contributed by atoms with Crippen molar-refractivity contribution in [2.75, 3.05) is 7.11 Å². The third-order valence-corrected chi connectivity index (χ3v) is 7.48. The predicted molar refractivity (Wildman–Crippen MR) is 107 cm³/mol. The Labute approximate surface area is 161 Å². The molecular weight excluding hydrogens is 362 g/mol. The second-order valence-corrected chi connectivity index (χ2v) is 10.6. The Morgan fingerprint density at radius 1 is 1.11 bits per heavy atom. The largest absolute Gasteiger partial charge is 0.497 e. The lowest BCUT2D eigenvalue weighted by Crippen LogP contribution is -2.45. The number of nitrogens with zero attached hydrogens (tertiary/aromatic N) is 1. The van der Waals surface area contributed by atoms with Crippen molar-refractivity contribution in [1.82, 2.24) is 14.7 Å². The summed E-state index contributed by atoms with van der Waals surface area (Å²) < 4.78 is 32.0. The molecule has 2 aromatic rings. The maximum Gasteiger partial charge on any atom is 0.216 e. The Bertz CT molecular complexity index is 859. The zero-order valence-electron chi connectivity index (χ0n) is 16.5. The zero-order chi connectivity index (χ0) is 19.7. The summed E-state index contributed by atoms with van der Waals surface area (Å²) in [4.78, 5) is 8.07. The van der Waals surface area contributed by atoms with E-state index in [1.54, 1.807) is 27.9 Å². The van der Waals surface area contributed by atoms with Crippen molar-refractivity contribution in [2.24, 2.45) is 0 Å². The second-order valence-electron chi connectivity index (χ2n) is 8.18. The molecule has 1 aromatic carbocycles. The SMILES string of the molecule is COc1ccc(-c2c[nH]c([C@H]3CC[C@H](NS(=O)(=O)C(C)(C)C)CC3)n2)cc1. The summed E-state index contributed by atoms with van der Waals surface area (Å²) in [6.45, 7) is 5.18. The van der Waals surface area contributed by atoms with Gasteiger partial charge in [-0.3, -0.25) is 0 Å². The van der Waals surface area contributed by atoms with E-state index < -0.39 is 14.8 Å². The smallest absolute Gasteiger partial charge is 0.216 e. The van der Waals surface area contributed by atoms with Crippen LogP contribution in [0.3, 0.4) is 0 Å². The minimum atomic E-state index is -3.30. The molecule has 1 heterocycles. The van der Waals surface area contributed by atoms with E-state index in [2.05, 4.69) is 9.71 Å². The minimum Gasteiger partial charge on any atom is -0.497 e. The third-order valence-electron chi connectivity index (χ3n) is 5.23. The molecule has 148 valence electrons. The van der Waals surface area contributed by atoms with Gasteiger partial charge in [0, 0.05) is 23.7 Å². The van der Waals surface area contributed by atoms with Gasteiger partial charge in [0.1, 0.15) is 11.6 Å². The number of methoxy groups -OCH3 is 1. The lowest BCUT2D eigenvalue weighted by Gasteiger charge is -2.30. The van der Waals surface area contributed by atoms with E-state index in [-0.39, 0.29) is 6.04 Å². The van der Waals surface area contributed by atoms with Gasteiger partial charge >= 0.3 is 0 Å². The number of nitrogens with one attached hydrogen (secondary N) is 2. The van der Waals surface area contributed by atoms with Crippen LogP contribution in [0.2, 0.25) is 0 Å². The van der Waals surface area contributed by atoms with Crippen LogP contribution in [0.1, 0.15) is 58.2 Å². The van der Waals surface area contributed by atoms with Crippen LogP contribution in [-0.4, -0.2) is 36.3 Å². The maximum atomic E-state index is 12.3. The van der Waals surface area contributed by atoms with Gasteiger partial charge in [-0.25, -0.2) is 18.1 Å². The van der Waals surface area contributed by atoms with Gasteiger partial charge in [0.05, 0.1) is 17.6 Å². The molecule has 0 unspecified atom stereocenters. The van der Waals surface area contributed by atoms with Crippen molar-refractivity contribution < 1.29 is 13.2 Å². The number of rotatable bonds is 5. The number of sulfonamides is 1. The number of hydrogen-bond acceptors (Lipinski definition) is 4. The summed E-state index contributed by atoms with van der Waals surface area (Å²) in [5.41, 5.74) is 1.97. The highest BCUT2D eigenvalue weighted by Crippen LogP contribution is 2.33. The number of imidazole rings is 1. The van der Waals surface area contributed by atoms with Gasteiger partial charge in [-0.2, -0.15) is 0 Å². The Morgan fingerprint density at radius 3 is 2.30 bits per heavy atom. The predicted octanol–water partition coefficient (Wildman–Crippen LogP) is 3.83. The van der Waals surface area contributed by atoms with Gasteiger partial charge in [0.25, 0.3) is 0 Å². The van der Waals surface area contributed by atoms with Crippen molar-refractivity contribution >= 4 is 10.0 Å². The van der Waals surface area contributed by atoms with Crippen LogP contribution in [0.25, 0.3) is 11.3 Å². The van der Waals surface area contributed by atoms with Gasteiger partial charge < -0.3 is 9.72 Å². The van der Waals surface area contributed by atoms with E-state index in [1.807, 2.05) is 30.5 Å². The molecule has 1 aromatic heterocycles. The standard InChI is InChI=1S/C20H29N3O3S/c1-20(2,3)27(24,25)23-16-9-5-15(6-10-16)19-21-13-18(22-19)14-7-11-17(26-4)12-8-14/h7-8,11-13,15-16,23H,5-6,9-10H2,1-4H3,(H,21,22)/t15-,16-. The number of hydrogen-bond donors (Lipinski definition) is 2. The van der Waals surface area contributed by atoms with Crippen LogP contribution in [-0.2, 0) is 10.0 Å². The van der Waals surface area contributed by atoms with Crippen LogP contribution < -0.4 is 9.46 Å². The van der Waals surface area contributed by atoms with Crippen molar-refractivity contribution in [3.63, 3.8) is 0 Å². The quantitative estimate of drug-likeness (QED) is 0.811. The lowest BCUT2D eigenvalue weighted by atomic mass is 9.86. The maximum absolute atomic E-state index is 12.3. The van der Waals surface area contributed by atoms with E-state index in [9.17, 15) is 8.42 Å². The second kappa shape index (κ2) is 7.64. The molecule has 1 fully saturated rings. The van der Waals surface area contributed by atoms with Crippen LogP contribution in [0.4, 0.5) is 0 Å². The van der Waals surface area contributed by atoms with Gasteiger partial charge in [0.2, 0.25) is 10.0 Å². The zero-order valence-corrected chi connectivity index (χ0v) is 17.3. The van der Waals surface area contributed by atoms with Crippen LogP contribution in [0, 0.1) is 0 Å². The highest BCUT2D eigenvalue weighted by atomic mass is 32.2. The van der Waals surface area contributed by atoms with Gasteiger partial charge in [-0.1, -0.05) is 0 Å². The first-order valence-electron chi connectivity index (χ1n) is 9.41. The summed E-state index contributed by atoms with van der Waals surface area (Å²) in [5, 5.41) is 0. The number of aromatic nitrogens is 2. The van der Waals surface area contributed by atoms with Gasteiger partial charge in [-0.15, -0.1) is 0 Å². The van der Waals surface area contributed by atoms with Crippen LogP contribution >= 0.6 is 0 Å². The molecule has 0 aliphatic heterocycles.